The van der Waals surface area contributed by atoms with Gasteiger partial charge in [0.1, 0.15) is 0 Å². The second-order valence-corrected chi connectivity index (χ2v) is 7.08. The van der Waals surface area contributed by atoms with Crippen LogP contribution in [0, 0.1) is 10.1 Å². The molecule has 0 bridgehead atoms. The van der Waals surface area contributed by atoms with E-state index in [-0.39, 0.29) is 15.6 Å². The fourth-order valence-electron chi connectivity index (χ4n) is 2.09. The van der Waals surface area contributed by atoms with Gasteiger partial charge in [0, 0.05) is 23.7 Å². The quantitative estimate of drug-likeness (QED) is 0.679. The molecule has 104 valence electrons. The monoisotopic (exact) mass is 304 g/mol. The van der Waals surface area contributed by atoms with E-state index < -0.39 is 20.0 Å². The van der Waals surface area contributed by atoms with E-state index in [1.807, 2.05) is 0 Å². The van der Waals surface area contributed by atoms with Crippen molar-refractivity contribution in [3.8, 4) is 0 Å². The van der Waals surface area contributed by atoms with E-state index in [0.717, 1.165) is 25.1 Å². The number of hydrogen-bond donors (Lipinski definition) is 1. The van der Waals surface area contributed by atoms with Gasteiger partial charge in [-0.3, -0.25) is 10.1 Å². The van der Waals surface area contributed by atoms with Gasteiger partial charge in [0.05, 0.1) is 15.1 Å². The molecule has 1 N–H and O–H groups in total. The molecule has 2 rings (SSSR count). The van der Waals surface area contributed by atoms with Crippen LogP contribution < -0.4 is 5.32 Å². The van der Waals surface area contributed by atoms with E-state index in [1.54, 1.807) is 0 Å². The fraction of sp³-hybridized carbons (Fsp3) is 0.455. The molecule has 1 atom stereocenters. The lowest BCUT2D eigenvalue weighted by atomic mass is 10.2. The number of nitro benzene ring substituents is 1. The number of rotatable bonds is 3. The van der Waals surface area contributed by atoms with Gasteiger partial charge < -0.3 is 5.32 Å². The number of benzene rings is 1. The molecule has 0 amide bonds. The summed E-state index contributed by atoms with van der Waals surface area (Å²) >= 11 is 5.75. The van der Waals surface area contributed by atoms with Crippen molar-refractivity contribution < 1.29 is 13.3 Å². The van der Waals surface area contributed by atoms with Gasteiger partial charge >= 0.3 is 0 Å². The molecule has 1 saturated heterocycles. The molecule has 0 saturated carbocycles. The number of hydrogen-bond acceptors (Lipinski definition) is 5. The summed E-state index contributed by atoms with van der Waals surface area (Å²) in [7, 11) is -3.59. The molecule has 1 unspecified atom stereocenters. The summed E-state index contributed by atoms with van der Waals surface area (Å²) in [5, 5.41) is 13.3. The van der Waals surface area contributed by atoms with Crippen LogP contribution in [0.2, 0.25) is 5.02 Å². The summed E-state index contributed by atoms with van der Waals surface area (Å²) < 4.78 is 24.8. The Bertz CT molecular complexity index is 597. The molecule has 0 radical (unpaired) electrons. The number of nitrogens with zero attached hydrogens (tertiary/aromatic N) is 1. The Morgan fingerprint density at radius 1 is 1.37 bits per heavy atom. The van der Waals surface area contributed by atoms with Gasteiger partial charge in [0.2, 0.25) is 0 Å². The maximum absolute atomic E-state index is 12.4. The summed E-state index contributed by atoms with van der Waals surface area (Å²) in [6.45, 7) is 1.16. The lowest BCUT2D eigenvalue weighted by molar-refractivity contribution is -0.385. The minimum Gasteiger partial charge on any atom is -0.315 e. The molecule has 0 aliphatic carbocycles. The highest BCUT2D eigenvalue weighted by Crippen LogP contribution is 2.28. The Balaban J connectivity index is 2.42. The first kappa shape index (κ1) is 14.2. The summed E-state index contributed by atoms with van der Waals surface area (Å²) in [6.07, 6.45) is 1.32. The third-order valence-electron chi connectivity index (χ3n) is 3.09. The highest BCUT2D eigenvalue weighted by atomic mass is 35.5. The second-order valence-electron chi connectivity index (χ2n) is 4.42. The molecule has 1 aromatic rings. The second kappa shape index (κ2) is 5.44. The van der Waals surface area contributed by atoms with Crippen molar-refractivity contribution in [1.29, 1.82) is 0 Å². The van der Waals surface area contributed by atoms with Crippen molar-refractivity contribution in [2.75, 3.05) is 13.1 Å². The Morgan fingerprint density at radius 2 is 2.11 bits per heavy atom. The number of sulfone groups is 1. The zero-order valence-corrected chi connectivity index (χ0v) is 11.6. The first-order chi connectivity index (χ1) is 8.91. The Kier molecular flexibility index (Phi) is 4.07. The smallest absolute Gasteiger partial charge is 0.272 e. The number of nitro groups is 1. The van der Waals surface area contributed by atoms with Crippen LogP contribution in [0.1, 0.15) is 12.8 Å². The average Bonchev–Trinajstić information content (AvgIpc) is 2.39. The predicted molar refractivity (Wildman–Crippen MR) is 71.2 cm³/mol. The highest BCUT2D eigenvalue weighted by Gasteiger charge is 2.30. The van der Waals surface area contributed by atoms with Gasteiger partial charge in [0.15, 0.2) is 9.84 Å². The Labute approximate surface area is 115 Å². The van der Waals surface area contributed by atoms with Crippen LogP contribution in [0.5, 0.6) is 0 Å². The molecular formula is C11H13ClN2O4S. The molecule has 8 heteroatoms. The number of non-ortho nitro benzene ring substituents is 1. The van der Waals surface area contributed by atoms with E-state index in [1.165, 1.54) is 6.07 Å². The fourth-order valence-corrected chi connectivity index (χ4v) is 4.16. The molecule has 19 heavy (non-hydrogen) atoms. The van der Waals surface area contributed by atoms with Crippen molar-refractivity contribution in [2.45, 2.75) is 23.0 Å². The van der Waals surface area contributed by atoms with Crippen molar-refractivity contribution in [3.05, 3.63) is 33.3 Å². The Hall–Kier alpha value is -1.18. The molecule has 6 nitrogen and oxygen atoms in total. The highest BCUT2D eigenvalue weighted by molar-refractivity contribution is 7.92. The summed E-state index contributed by atoms with van der Waals surface area (Å²) in [4.78, 5) is 10.0. The maximum Gasteiger partial charge on any atom is 0.272 e. The summed E-state index contributed by atoms with van der Waals surface area (Å²) in [5.41, 5.74) is -0.310. The number of nitrogens with one attached hydrogen (secondary N) is 1. The maximum atomic E-state index is 12.4. The van der Waals surface area contributed by atoms with Crippen LogP contribution in [0.3, 0.4) is 0 Å². The molecule has 0 aromatic heterocycles. The van der Waals surface area contributed by atoms with E-state index >= 15 is 0 Å². The molecule has 0 spiro atoms. The minimum absolute atomic E-state index is 0.0524. The van der Waals surface area contributed by atoms with E-state index in [2.05, 4.69) is 5.32 Å². The van der Waals surface area contributed by atoms with Gasteiger partial charge in [-0.25, -0.2) is 8.42 Å². The minimum atomic E-state index is -3.59. The Morgan fingerprint density at radius 3 is 2.68 bits per heavy atom. The molecular weight excluding hydrogens is 292 g/mol. The molecule has 1 heterocycles. The van der Waals surface area contributed by atoms with Crippen molar-refractivity contribution in [1.82, 2.24) is 5.32 Å². The van der Waals surface area contributed by atoms with Crippen molar-refractivity contribution >= 4 is 27.1 Å². The molecule has 1 aliphatic rings. The largest absolute Gasteiger partial charge is 0.315 e. The van der Waals surface area contributed by atoms with Gasteiger partial charge in [-0.05, 0) is 25.5 Å². The van der Waals surface area contributed by atoms with Crippen LogP contribution in [-0.2, 0) is 9.84 Å². The third-order valence-corrected chi connectivity index (χ3v) is 5.48. The molecule has 1 aliphatic heterocycles. The molecule has 1 fully saturated rings. The van der Waals surface area contributed by atoms with Crippen LogP contribution in [0.4, 0.5) is 5.69 Å². The normalized spacial score (nSPS) is 20.2. The van der Waals surface area contributed by atoms with Crippen LogP contribution >= 0.6 is 11.6 Å². The lowest BCUT2D eigenvalue weighted by Gasteiger charge is -2.22. The van der Waals surface area contributed by atoms with E-state index in [9.17, 15) is 18.5 Å². The van der Waals surface area contributed by atoms with Gasteiger partial charge in [-0.2, -0.15) is 0 Å². The zero-order chi connectivity index (χ0) is 14.0. The zero-order valence-electron chi connectivity index (χ0n) is 10.0. The van der Waals surface area contributed by atoms with Crippen LogP contribution in [-0.4, -0.2) is 31.7 Å². The van der Waals surface area contributed by atoms with Gasteiger partial charge in [-0.1, -0.05) is 11.6 Å². The van der Waals surface area contributed by atoms with Gasteiger partial charge in [-0.15, -0.1) is 0 Å². The standard InChI is InChI=1S/C11H13ClN2O4S/c12-8-4-9(14(15)16)6-11(5-8)19(17,18)10-2-1-3-13-7-10/h4-6,10,13H,1-3,7H2. The van der Waals surface area contributed by atoms with Gasteiger partial charge in [0.25, 0.3) is 5.69 Å². The van der Waals surface area contributed by atoms with Crippen LogP contribution in [0.25, 0.3) is 0 Å². The SMILES string of the molecule is O=[N+]([O-])c1cc(Cl)cc(S(=O)(=O)C2CCCNC2)c1. The topological polar surface area (TPSA) is 89.3 Å². The predicted octanol–water partition coefficient (Wildman–Crippen LogP) is 1.77. The summed E-state index contributed by atoms with van der Waals surface area (Å²) in [6, 6.07) is 3.47. The first-order valence-electron chi connectivity index (χ1n) is 5.81. The number of piperidine rings is 1. The number of halogens is 1. The molecule has 1 aromatic carbocycles. The third kappa shape index (κ3) is 3.05. The first-order valence-corrected chi connectivity index (χ1v) is 7.73. The summed E-state index contributed by atoms with van der Waals surface area (Å²) in [5.74, 6) is 0. The average molecular weight is 305 g/mol. The lowest BCUT2D eigenvalue weighted by Crippen LogP contribution is -2.38. The van der Waals surface area contributed by atoms with E-state index in [0.29, 0.717) is 13.0 Å². The van der Waals surface area contributed by atoms with E-state index in [4.69, 9.17) is 11.6 Å². The van der Waals surface area contributed by atoms with Crippen molar-refractivity contribution in [3.63, 3.8) is 0 Å². The van der Waals surface area contributed by atoms with Crippen LogP contribution in [0.15, 0.2) is 23.1 Å². The van der Waals surface area contributed by atoms with Crippen molar-refractivity contribution in [2.24, 2.45) is 0 Å².